The number of aryl methyl sites for hydroxylation is 2. The zero-order chi connectivity index (χ0) is 16.4. The number of para-hydroxylation sites is 1. The summed E-state index contributed by atoms with van der Waals surface area (Å²) in [5.41, 5.74) is 4.49. The van der Waals surface area contributed by atoms with Crippen LogP contribution in [0, 0.1) is 0 Å². The molecular formula is C20H18N2OS. The van der Waals surface area contributed by atoms with Crippen molar-refractivity contribution in [2.24, 2.45) is 0 Å². The van der Waals surface area contributed by atoms with Crippen molar-refractivity contribution in [3.8, 4) is 0 Å². The summed E-state index contributed by atoms with van der Waals surface area (Å²) in [5.74, 6) is 0.566. The van der Waals surface area contributed by atoms with Crippen LogP contribution in [-0.2, 0) is 12.8 Å². The maximum Gasteiger partial charge on any atom is 0.173 e. The number of benzene rings is 2. The van der Waals surface area contributed by atoms with Crippen molar-refractivity contribution in [3.63, 3.8) is 0 Å². The Balaban J connectivity index is 1.52. The quantitative estimate of drug-likeness (QED) is 0.401. The SMILES string of the molecule is O=C(CSc1ncnc2ccccc12)c1ccc2c(c1)CCCC2. The van der Waals surface area contributed by atoms with E-state index in [0.717, 1.165) is 34.3 Å². The van der Waals surface area contributed by atoms with Crippen LogP contribution in [0.25, 0.3) is 10.9 Å². The number of aromatic nitrogens is 2. The monoisotopic (exact) mass is 334 g/mol. The van der Waals surface area contributed by atoms with Gasteiger partial charge in [0.05, 0.1) is 11.3 Å². The molecule has 3 nitrogen and oxygen atoms in total. The predicted octanol–water partition coefficient (Wildman–Crippen LogP) is 4.48. The highest BCUT2D eigenvalue weighted by molar-refractivity contribution is 8.00. The molecule has 0 saturated heterocycles. The number of carbonyl (C=O) groups is 1. The lowest BCUT2D eigenvalue weighted by molar-refractivity contribution is 0.102. The molecule has 1 aliphatic carbocycles. The minimum Gasteiger partial charge on any atom is -0.293 e. The summed E-state index contributed by atoms with van der Waals surface area (Å²) in [4.78, 5) is 21.2. The van der Waals surface area contributed by atoms with Gasteiger partial charge in [-0.15, -0.1) is 0 Å². The first-order chi connectivity index (χ1) is 11.8. The molecule has 2 aromatic carbocycles. The second-order valence-electron chi connectivity index (χ2n) is 6.10. The van der Waals surface area contributed by atoms with E-state index in [0.29, 0.717) is 5.75 Å². The maximum atomic E-state index is 12.6. The van der Waals surface area contributed by atoms with Gasteiger partial charge < -0.3 is 0 Å². The Morgan fingerprint density at radius 2 is 1.83 bits per heavy atom. The van der Waals surface area contributed by atoms with Crippen molar-refractivity contribution >= 4 is 28.4 Å². The van der Waals surface area contributed by atoms with E-state index in [9.17, 15) is 4.79 Å². The second kappa shape index (κ2) is 6.73. The van der Waals surface area contributed by atoms with Crippen molar-refractivity contribution < 1.29 is 4.79 Å². The van der Waals surface area contributed by atoms with Crippen LogP contribution in [0.4, 0.5) is 0 Å². The van der Waals surface area contributed by atoms with Gasteiger partial charge in [-0.05, 0) is 48.9 Å². The fraction of sp³-hybridized carbons (Fsp3) is 0.250. The summed E-state index contributed by atoms with van der Waals surface area (Å²) in [6, 6.07) is 14.1. The summed E-state index contributed by atoms with van der Waals surface area (Å²) in [7, 11) is 0. The summed E-state index contributed by atoms with van der Waals surface area (Å²) in [6.45, 7) is 0. The van der Waals surface area contributed by atoms with Crippen molar-refractivity contribution in [2.45, 2.75) is 30.7 Å². The highest BCUT2D eigenvalue weighted by atomic mass is 32.2. The third-order valence-electron chi connectivity index (χ3n) is 4.52. The molecule has 0 unspecified atom stereocenters. The van der Waals surface area contributed by atoms with Crippen molar-refractivity contribution in [1.29, 1.82) is 0 Å². The number of hydrogen-bond acceptors (Lipinski definition) is 4. The van der Waals surface area contributed by atoms with Gasteiger partial charge in [0.15, 0.2) is 5.78 Å². The molecule has 4 heteroatoms. The average molecular weight is 334 g/mol. The van der Waals surface area contributed by atoms with E-state index in [1.54, 1.807) is 6.33 Å². The molecule has 0 aliphatic heterocycles. The van der Waals surface area contributed by atoms with E-state index >= 15 is 0 Å². The van der Waals surface area contributed by atoms with Gasteiger partial charge in [-0.2, -0.15) is 0 Å². The first-order valence-corrected chi connectivity index (χ1v) is 9.27. The van der Waals surface area contributed by atoms with Crippen LogP contribution in [-0.4, -0.2) is 21.5 Å². The Bertz CT molecular complexity index is 902. The number of thioether (sulfide) groups is 1. The zero-order valence-electron chi connectivity index (χ0n) is 13.4. The Morgan fingerprint density at radius 3 is 2.75 bits per heavy atom. The molecule has 4 rings (SSSR count). The second-order valence-corrected chi connectivity index (χ2v) is 7.06. The van der Waals surface area contributed by atoms with Gasteiger partial charge in [-0.3, -0.25) is 4.79 Å². The molecular weight excluding hydrogens is 316 g/mol. The lowest BCUT2D eigenvalue weighted by Gasteiger charge is -2.16. The Labute approximate surface area is 145 Å². The van der Waals surface area contributed by atoms with Crippen LogP contribution in [0.5, 0.6) is 0 Å². The smallest absolute Gasteiger partial charge is 0.173 e. The predicted molar refractivity (Wildman–Crippen MR) is 97.7 cm³/mol. The lowest BCUT2D eigenvalue weighted by atomic mass is 9.90. The minimum absolute atomic E-state index is 0.163. The summed E-state index contributed by atoms with van der Waals surface area (Å²) in [6.07, 6.45) is 6.29. The standard InChI is InChI=1S/C20H18N2OS/c23-19(16-10-9-14-5-1-2-6-15(14)11-16)12-24-20-17-7-3-4-8-18(17)21-13-22-20/h3-4,7-11,13H,1-2,5-6,12H2. The molecule has 0 spiro atoms. The van der Waals surface area contributed by atoms with Gasteiger partial charge in [0.2, 0.25) is 0 Å². The summed E-state index contributed by atoms with van der Waals surface area (Å²) in [5, 5.41) is 1.87. The fourth-order valence-corrected chi connectivity index (χ4v) is 4.10. The van der Waals surface area contributed by atoms with E-state index in [-0.39, 0.29) is 5.78 Å². The molecule has 0 radical (unpaired) electrons. The number of fused-ring (bicyclic) bond motifs is 2. The van der Waals surface area contributed by atoms with Gasteiger partial charge in [0.25, 0.3) is 0 Å². The number of hydrogen-bond donors (Lipinski definition) is 0. The molecule has 1 aromatic heterocycles. The van der Waals surface area contributed by atoms with E-state index in [4.69, 9.17) is 0 Å². The number of Topliss-reactive ketones (excluding diaryl/α,β-unsaturated/α-hetero) is 1. The van der Waals surface area contributed by atoms with Crippen molar-refractivity contribution in [1.82, 2.24) is 9.97 Å². The van der Waals surface area contributed by atoms with Crippen LogP contribution >= 0.6 is 11.8 Å². The lowest BCUT2D eigenvalue weighted by Crippen LogP contribution is -2.08. The molecule has 0 atom stereocenters. The first kappa shape index (κ1) is 15.3. The Kier molecular flexibility index (Phi) is 4.30. The van der Waals surface area contributed by atoms with Crippen LogP contribution in [0.1, 0.15) is 34.3 Å². The number of rotatable bonds is 4. The molecule has 0 bridgehead atoms. The van der Waals surface area contributed by atoms with E-state index in [2.05, 4.69) is 22.1 Å². The third kappa shape index (κ3) is 3.06. The average Bonchev–Trinajstić information content (AvgIpc) is 2.65. The van der Waals surface area contributed by atoms with Gasteiger partial charge >= 0.3 is 0 Å². The van der Waals surface area contributed by atoms with E-state index < -0.39 is 0 Å². The summed E-state index contributed by atoms with van der Waals surface area (Å²) < 4.78 is 0. The van der Waals surface area contributed by atoms with Gasteiger partial charge in [0.1, 0.15) is 11.4 Å². The van der Waals surface area contributed by atoms with E-state index in [1.165, 1.54) is 35.7 Å². The van der Waals surface area contributed by atoms with E-state index in [1.807, 2.05) is 30.3 Å². The highest BCUT2D eigenvalue weighted by Gasteiger charge is 2.14. The zero-order valence-corrected chi connectivity index (χ0v) is 14.2. The number of carbonyl (C=O) groups excluding carboxylic acids is 1. The van der Waals surface area contributed by atoms with Crippen LogP contribution < -0.4 is 0 Å². The van der Waals surface area contributed by atoms with Gasteiger partial charge in [0, 0.05) is 10.9 Å². The third-order valence-corrected chi connectivity index (χ3v) is 5.52. The molecule has 24 heavy (non-hydrogen) atoms. The molecule has 1 heterocycles. The highest BCUT2D eigenvalue weighted by Crippen LogP contribution is 2.26. The normalized spacial score (nSPS) is 13.7. The van der Waals surface area contributed by atoms with Crippen LogP contribution in [0.2, 0.25) is 0 Å². The minimum atomic E-state index is 0.163. The number of ketones is 1. The largest absolute Gasteiger partial charge is 0.293 e. The topological polar surface area (TPSA) is 42.9 Å². The number of nitrogens with zero attached hydrogens (tertiary/aromatic N) is 2. The summed E-state index contributed by atoms with van der Waals surface area (Å²) >= 11 is 1.49. The fourth-order valence-electron chi connectivity index (χ4n) is 3.22. The maximum absolute atomic E-state index is 12.6. The Morgan fingerprint density at radius 1 is 1.00 bits per heavy atom. The van der Waals surface area contributed by atoms with Crippen molar-refractivity contribution in [2.75, 3.05) is 5.75 Å². The van der Waals surface area contributed by atoms with Gasteiger partial charge in [-0.1, -0.05) is 42.1 Å². The molecule has 0 amide bonds. The molecule has 120 valence electrons. The molecule has 0 fully saturated rings. The van der Waals surface area contributed by atoms with Gasteiger partial charge in [-0.25, -0.2) is 9.97 Å². The molecule has 0 saturated carbocycles. The Hall–Kier alpha value is -2.20. The molecule has 1 aliphatic rings. The van der Waals surface area contributed by atoms with Crippen LogP contribution in [0.15, 0.2) is 53.8 Å². The van der Waals surface area contributed by atoms with Crippen LogP contribution in [0.3, 0.4) is 0 Å². The molecule has 0 N–H and O–H groups in total. The first-order valence-electron chi connectivity index (χ1n) is 8.29. The molecule has 3 aromatic rings. The van der Waals surface area contributed by atoms with Crippen molar-refractivity contribution in [3.05, 3.63) is 65.5 Å².